The summed E-state index contributed by atoms with van der Waals surface area (Å²) in [5.41, 5.74) is -0.885. The molecule has 2 aromatic rings. The minimum Gasteiger partial charge on any atom is -0.342 e. The molecule has 2 amide bonds. The van der Waals surface area contributed by atoms with Crippen molar-refractivity contribution in [2.24, 2.45) is 0 Å². The van der Waals surface area contributed by atoms with Crippen molar-refractivity contribution >= 4 is 28.3 Å². The van der Waals surface area contributed by atoms with Gasteiger partial charge in [0.15, 0.2) is 5.13 Å². The van der Waals surface area contributed by atoms with Gasteiger partial charge in [0.1, 0.15) is 17.2 Å². The Bertz CT molecular complexity index is 759. The maximum atomic E-state index is 13.7. The van der Waals surface area contributed by atoms with E-state index in [0.29, 0.717) is 0 Å². The van der Waals surface area contributed by atoms with Crippen LogP contribution in [-0.4, -0.2) is 22.3 Å². The second-order valence-corrected chi connectivity index (χ2v) is 6.28. The van der Waals surface area contributed by atoms with Crippen molar-refractivity contribution in [2.75, 3.05) is 5.32 Å². The fourth-order valence-corrected chi connectivity index (χ4v) is 2.60. The summed E-state index contributed by atoms with van der Waals surface area (Å²) in [6.45, 7) is 4.40. The molecule has 0 spiro atoms. The van der Waals surface area contributed by atoms with E-state index in [0.717, 1.165) is 29.5 Å². The first kappa shape index (κ1) is 17.0. The zero-order chi connectivity index (χ0) is 17.2. The average Bonchev–Trinajstić information content (AvgIpc) is 2.88. The van der Waals surface area contributed by atoms with E-state index in [1.807, 2.05) is 0 Å². The van der Waals surface area contributed by atoms with Crippen LogP contribution < -0.4 is 10.6 Å². The lowest BCUT2D eigenvalue weighted by Gasteiger charge is -2.23. The van der Waals surface area contributed by atoms with Gasteiger partial charge in [-0.15, -0.1) is 11.3 Å². The van der Waals surface area contributed by atoms with Crippen molar-refractivity contribution in [3.05, 3.63) is 35.2 Å². The monoisotopic (exact) mass is 339 g/mol. The van der Waals surface area contributed by atoms with Gasteiger partial charge in [0.2, 0.25) is 5.91 Å². The first-order valence-corrected chi connectivity index (χ1v) is 7.58. The maximum Gasteiger partial charge on any atom is 0.251 e. The van der Waals surface area contributed by atoms with Gasteiger partial charge in [-0.25, -0.2) is 13.8 Å². The van der Waals surface area contributed by atoms with Crippen LogP contribution in [0.25, 0.3) is 11.3 Å². The molecule has 122 valence electrons. The lowest BCUT2D eigenvalue weighted by Crippen LogP contribution is -2.51. The number of rotatable bonds is 4. The zero-order valence-electron chi connectivity index (χ0n) is 12.7. The van der Waals surface area contributed by atoms with Crippen LogP contribution in [0.4, 0.5) is 13.9 Å². The Kier molecular flexibility index (Phi) is 4.74. The van der Waals surface area contributed by atoms with E-state index in [9.17, 15) is 18.4 Å². The molecule has 23 heavy (non-hydrogen) atoms. The zero-order valence-corrected chi connectivity index (χ0v) is 13.6. The SMILES string of the molecule is CC(=O)NC(C)(C)C(=O)Nc1nc(-c2cc(F)ccc2F)cs1. The third-order valence-corrected chi connectivity index (χ3v) is 3.74. The Hall–Kier alpha value is -2.35. The normalized spacial score (nSPS) is 11.2. The van der Waals surface area contributed by atoms with Gasteiger partial charge in [0, 0.05) is 17.9 Å². The summed E-state index contributed by atoms with van der Waals surface area (Å²) in [5.74, 6) is -1.99. The van der Waals surface area contributed by atoms with E-state index in [1.54, 1.807) is 13.8 Å². The topological polar surface area (TPSA) is 71.1 Å². The number of thiazole rings is 1. The number of carbonyl (C=O) groups is 2. The number of nitrogens with one attached hydrogen (secondary N) is 2. The van der Waals surface area contributed by atoms with Gasteiger partial charge in [-0.1, -0.05) is 0 Å². The van der Waals surface area contributed by atoms with Crippen molar-refractivity contribution in [3.8, 4) is 11.3 Å². The number of amides is 2. The van der Waals surface area contributed by atoms with E-state index in [1.165, 1.54) is 12.3 Å². The number of halogens is 2. The minimum absolute atomic E-state index is 0.0165. The number of nitrogens with zero attached hydrogens (tertiary/aromatic N) is 1. The summed E-state index contributed by atoms with van der Waals surface area (Å²) < 4.78 is 26.9. The van der Waals surface area contributed by atoms with Crippen molar-refractivity contribution in [2.45, 2.75) is 26.3 Å². The van der Waals surface area contributed by atoms with Crippen LogP contribution >= 0.6 is 11.3 Å². The molecule has 1 aromatic heterocycles. The van der Waals surface area contributed by atoms with Crippen molar-refractivity contribution in [1.29, 1.82) is 0 Å². The van der Waals surface area contributed by atoms with Gasteiger partial charge >= 0.3 is 0 Å². The molecular weight excluding hydrogens is 324 g/mol. The molecule has 0 aliphatic rings. The number of anilines is 1. The Morgan fingerprint density at radius 2 is 1.96 bits per heavy atom. The highest BCUT2D eigenvalue weighted by Gasteiger charge is 2.29. The Labute approximate surface area is 135 Å². The number of aromatic nitrogens is 1. The predicted molar refractivity (Wildman–Crippen MR) is 84.0 cm³/mol. The fraction of sp³-hybridized carbons (Fsp3) is 0.267. The number of hydrogen-bond donors (Lipinski definition) is 2. The lowest BCUT2D eigenvalue weighted by atomic mass is 10.1. The highest BCUT2D eigenvalue weighted by molar-refractivity contribution is 7.14. The molecule has 0 saturated carbocycles. The summed E-state index contributed by atoms with van der Waals surface area (Å²) in [4.78, 5) is 27.3. The quantitative estimate of drug-likeness (QED) is 0.900. The average molecular weight is 339 g/mol. The third-order valence-electron chi connectivity index (χ3n) is 2.99. The van der Waals surface area contributed by atoms with E-state index < -0.39 is 23.1 Å². The highest BCUT2D eigenvalue weighted by Crippen LogP contribution is 2.28. The van der Waals surface area contributed by atoms with Gasteiger partial charge in [0.05, 0.1) is 5.69 Å². The minimum atomic E-state index is -1.12. The molecule has 8 heteroatoms. The molecule has 0 radical (unpaired) electrons. The summed E-state index contributed by atoms with van der Waals surface area (Å²) in [7, 11) is 0. The summed E-state index contributed by atoms with van der Waals surface area (Å²) >= 11 is 1.08. The molecule has 1 aromatic carbocycles. The van der Waals surface area contributed by atoms with E-state index in [2.05, 4.69) is 15.6 Å². The Morgan fingerprint density at radius 1 is 1.26 bits per heavy atom. The molecular formula is C15H15F2N3O2S. The summed E-state index contributed by atoms with van der Waals surface area (Å²) in [6, 6.07) is 3.07. The lowest BCUT2D eigenvalue weighted by molar-refractivity contribution is -0.128. The summed E-state index contributed by atoms with van der Waals surface area (Å²) in [5, 5.41) is 6.80. The Balaban J connectivity index is 2.18. The predicted octanol–water partition coefficient (Wildman–Crippen LogP) is 2.94. The van der Waals surface area contributed by atoms with Gasteiger partial charge in [-0.05, 0) is 32.0 Å². The van der Waals surface area contributed by atoms with E-state index in [4.69, 9.17) is 0 Å². The molecule has 0 saturated heterocycles. The van der Waals surface area contributed by atoms with Crippen LogP contribution in [0, 0.1) is 11.6 Å². The van der Waals surface area contributed by atoms with Crippen LogP contribution in [0.15, 0.2) is 23.6 Å². The molecule has 2 rings (SSSR count). The standard InChI is InChI=1S/C15H15F2N3O2S/c1-8(21)20-15(2,3)13(22)19-14-18-12(7-23-14)10-6-9(16)4-5-11(10)17/h4-7H,1-3H3,(H,20,21)(H,18,19,22). The first-order valence-electron chi connectivity index (χ1n) is 6.70. The molecule has 0 bridgehead atoms. The molecule has 0 aliphatic carbocycles. The highest BCUT2D eigenvalue weighted by atomic mass is 32.1. The third kappa shape index (κ3) is 4.10. The molecule has 2 N–H and O–H groups in total. The van der Waals surface area contributed by atoms with Gasteiger partial charge in [-0.3, -0.25) is 14.9 Å². The van der Waals surface area contributed by atoms with Crippen LogP contribution in [0.3, 0.4) is 0 Å². The smallest absolute Gasteiger partial charge is 0.251 e. The van der Waals surface area contributed by atoms with E-state index in [-0.39, 0.29) is 22.3 Å². The van der Waals surface area contributed by atoms with Crippen LogP contribution in [0.1, 0.15) is 20.8 Å². The van der Waals surface area contributed by atoms with Crippen molar-refractivity contribution in [1.82, 2.24) is 10.3 Å². The van der Waals surface area contributed by atoms with Gasteiger partial charge in [0.25, 0.3) is 5.91 Å². The molecule has 0 atom stereocenters. The Morgan fingerprint density at radius 3 is 2.61 bits per heavy atom. The van der Waals surface area contributed by atoms with E-state index >= 15 is 0 Å². The molecule has 5 nitrogen and oxygen atoms in total. The molecule has 0 unspecified atom stereocenters. The second kappa shape index (κ2) is 6.41. The largest absolute Gasteiger partial charge is 0.342 e. The second-order valence-electron chi connectivity index (χ2n) is 5.42. The number of carbonyl (C=O) groups excluding carboxylic acids is 2. The molecule has 1 heterocycles. The van der Waals surface area contributed by atoms with Crippen molar-refractivity contribution < 1.29 is 18.4 Å². The van der Waals surface area contributed by atoms with Gasteiger partial charge < -0.3 is 5.32 Å². The fourth-order valence-electron chi connectivity index (χ4n) is 1.90. The van der Waals surface area contributed by atoms with Crippen LogP contribution in [-0.2, 0) is 9.59 Å². The van der Waals surface area contributed by atoms with Crippen LogP contribution in [0.2, 0.25) is 0 Å². The number of hydrogen-bond acceptors (Lipinski definition) is 4. The van der Waals surface area contributed by atoms with Crippen LogP contribution in [0.5, 0.6) is 0 Å². The maximum absolute atomic E-state index is 13.7. The first-order chi connectivity index (χ1) is 10.7. The van der Waals surface area contributed by atoms with Crippen molar-refractivity contribution in [3.63, 3.8) is 0 Å². The number of benzene rings is 1. The van der Waals surface area contributed by atoms with Gasteiger partial charge in [-0.2, -0.15) is 0 Å². The molecule has 0 fully saturated rings. The molecule has 0 aliphatic heterocycles. The summed E-state index contributed by atoms with van der Waals surface area (Å²) in [6.07, 6.45) is 0.